The average Bonchev–Trinajstić information content (AvgIpc) is 3.12. The third-order valence-corrected chi connectivity index (χ3v) is 12.0. The van der Waals surface area contributed by atoms with Gasteiger partial charge in [-0.05, 0) is 109 Å². The van der Waals surface area contributed by atoms with Crippen molar-refractivity contribution in [1.82, 2.24) is 0 Å². The molecule has 5 rings (SSSR count). The van der Waals surface area contributed by atoms with Crippen LogP contribution in [0.2, 0.25) is 0 Å². The molecule has 3 nitrogen and oxygen atoms in total. The quantitative estimate of drug-likeness (QED) is 0.372. The van der Waals surface area contributed by atoms with E-state index in [9.17, 15) is 0 Å². The van der Waals surface area contributed by atoms with Crippen LogP contribution >= 0.6 is 0 Å². The Labute approximate surface area is 221 Å². The third-order valence-electron chi connectivity index (χ3n) is 12.0. The van der Waals surface area contributed by atoms with Crippen molar-refractivity contribution < 1.29 is 4.74 Å². The summed E-state index contributed by atoms with van der Waals surface area (Å²) in [5.74, 6) is 6.47. The number of hydrogen-bond donors (Lipinski definition) is 2. The SMILES string of the molecule is CC(C)CCC[C@@H](C)[C@H]1C(Oc2ccc(N)cc2N)C[C@H]2[C@@H]3CCC4CCCC[C@]4(C)[C@H]3CC[C@]12C. The van der Waals surface area contributed by atoms with Crippen LogP contribution in [0.15, 0.2) is 18.2 Å². The molecule has 1 aromatic rings. The molecule has 4 fully saturated rings. The fourth-order valence-corrected chi connectivity index (χ4v) is 10.3. The lowest BCUT2D eigenvalue weighted by Crippen LogP contribution is -2.53. The minimum atomic E-state index is 0.260. The van der Waals surface area contributed by atoms with Crippen LogP contribution in [0.3, 0.4) is 0 Å². The summed E-state index contributed by atoms with van der Waals surface area (Å²) in [5, 5.41) is 0. The minimum Gasteiger partial charge on any atom is -0.488 e. The Morgan fingerprint density at radius 1 is 0.917 bits per heavy atom. The molecule has 0 bridgehead atoms. The lowest BCUT2D eigenvalue weighted by atomic mass is 9.44. The zero-order chi connectivity index (χ0) is 25.7. The highest BCUT2D eigenvalue weighted by Gasteiger charge is 2.63. The molecule has 0 saturated heterocycles. The first-order chi connectivity index (χ1) is 17.1. The van der Waals surface area contributed by atoms with Crippen molar-refractivity contribution >= 4 is 11.4 Å². The van der Waals surface area contributed by atoms with Gasteiger partial charge in [-0.25, -0.2) is 0 Å². The summed E-state index contributed by atoms with van der Waals surface area (Å²) in [6, 6.07) is 5.81. The highest BCUT2D eigenvalue weighted by atomic mass is 16.5. The molecule has 202 valence electrons. The van der Waals surface area contributed by atoms with Crippen LogP contribution in [-0.2, 0) is 0 Å². The summed E-state index contributed by atoms with van der Waals surface area (Å²) in [6.07, 6.45) is 17.1. The van der Waals surface area contributed by atoms with Crippen LogP contribution in [0.4, 0.5) is 11.4 Å². The van der Waals surface area contributed by atoms with Gasteiger partial charge in [-0.1, -0.05) is 66.7 Å². The fourth-order valence-electron chi connectivity index (χ4n) is 10.3. The second-order valence-corrected chi connectivity index (χ2v) is 14.5. The number of benzene rings is 1. The van der Waals surface area contributed by atoms with E-state index in [2.05, 4.69) is 34.6 Å². The van der Waals surface area contributed by atoms with Crippen LogP contribution in [0, 0.1) is 52.3 Å². The maximum atomic E-state index is 6.91. The number of ether oxygens (including phenoxy) is 1. The lowest BCUT2D eigenvalue weighted by Gasteiger charge is -2.60. The molecule has 36 heavy (non-hydrogen) atoms. The predicted molar refractivity (Wildman–Crippen MR) is 153 cm³/mol. The Bertz CT molecular complexity index is 913. The van der Waals surface area contributed by atoms with Crippen molar-refractivity contribution in [2.45, 2.75) is 118 Å². The molecule has 3 heteroatoms. The van der Waals surface area contributed by atoms with Gasteiger partial charge in [-0.15, -0.1) is 0 Å². The monoisotopic (exact) mass is 494 g/mol. The molecule has 0 radical (unpaired) electrons. The number of anilines is 2. The molecule has 4 aliphatic carbocycles. The topological polar surface area (TPSA) is 61.3 Å². The largest absolute Gasteiger partial charge is 0.488 e. The molecule has 4 aliphatic rings. The number of nitrogen functional groups attached to an aromatic ring is 2. The predicted octanol–water partition coefficient (Wildman–Crippen LogP) is 8.72. The molecule has 0 heterocycles. The van der Waals surface area contributed by atoms with Gasteiger partial charge in [-0.3, -0.25) is 0 Å². The molecule has 4 N–H and O–H groups in total. The van der Waals surface area contributed by atoms with E-state index in [-0.39, 0.29) is 6.10 Å². The molecule has 1 aromatic carbocycles. The maximum Gasteiger partial charge on any atom is 0.142 e. The molecule has 9 atom stereocenters. The fraction of sp³-hybridized carbons (Fsp3) is 0.818. The van der Waals surface area contributed by atoms with Crippen LogP contribution in [-0.4, -0.2) is 6.10 Å². The molecule has 4 saturated carbocycles. The number of hydrogen-bond acceptors (Lipinski definition) is 3. The second-order valence-electron chi connectivity index (χ2n) is 14.5. The first kappa shape index (κ1) is 26.2. The van der Waals surface area contributed by atoms with E-state index < -0.39 is 0 Å². The Balaban J connectivity index is 1.43. The van der Waals surface area contributed by atoms with Crippen molar-refractivity contribution in [3.8, 4) is 5.75 Å². The zero-order valence-electron chi connectivity index (χ0n) is 23.9. The molecule has 2 unspecified atom stereocenters. The van der Waals surface area contributed by atoms with Crippen LogP contribution in [0.5, 0.6) is 5.75 Å². The zero-order valence-corrected chi connectivity index (χ0v) is 23.9. The first-order valence-corrected chi connectivity index (χ1v) is 15.4. The van der Waals surface area contributed by atoms with Crippen molar-refractivity contribution in [3.63, 3.8) is 0 Å². The molecule has 0 aliphatic heterocycles. The Hall–Kier alpha value is -1.38. The summed E-state index contributed by atoms with van der Waals surface area (Å²) < 4.78 is 6.91. The van der Waals surface area contributed by atoms with Gasteiger partial charge in [-0.2, -0.15) is 0 Å². The highest BCUT2D eigenvalue weighted by Crippen LogP contribution is 2.68. The first-order valence-electron chi connectivity index (χ1n) is 15.4. The summed E-state index contributed by atoms with van der Waals surface area (Å²) >= 11 is 0. The smallest absolute Gasteiger partial charge is 0.142 e. The van der Waals surface area contributed by atoms with E-state index in [0.717, 1.165) is 35.3 Å². The number of rotatable bonds is 7. The van der Waals surface area contributed by atoms with Crippen LogP contribution < -0.4 is 16.2 Å². The molecule has 0 spiro atoms. The molecular formula is C33H54N2O. The Morgan fingerprint density at radius 2 is 1.72 bits per heavy atom. The summed E-state index contributed by atoms with van der Waals surface area (Å²) in [6.45, 7) is 12.6. The van der Waals surface area contributed by atoms with Crippen molar-refractivity contribution in [2.75, 3.05) is 11.5 Å². The van der Waals surface area contributed by atoms with Crippen molar-refractivity contribution in [1.29, 1.82) is 0 Å². The summed E-state index contributed by atoms with van der Waals surface area (Å²) in [5.41, 5.74) is 14.8. The minimum absolute atomic E-state index is 0.260. The number of fused-ring (bicyclic) bond motifs is 5. The maximum absolute atomic E-state index is 6.91. The van der Waals surface area contributed by atoms with E-state index in [0.29, 0.717) is 34.0 Å². The summed E-state index contributed by atoms with van der Waals surface area (Å²) in [7, 11) is 0. The van der Waals surface area contributed by atoms with Gasteiger partial charge in [0.05, 0.1) is 5.69 Å². The summed E-state index contributed by atoms with van der Waals surface area (Å²) in [4.78, 5) is 0. The van der Waals surface area contributed by atoms with Crippen LogP contribution in [0.25, 0.3) is 0 Å². The Morgan fingerprint density at radius 3 is 2.47 bits per heavy atom. The van der Waals surface area contributed by atoms with Crippen molar-refractivity contribution in [3.05, 3.63) is 18.2 Å². The average molecular weight is 495 g/mol. The van der Waals surface area contributed by atoms with E-state index in [1.165, 1.54) is 77.0 Å². The van der Waals surface area contributed by atoms with Gasteiger partial charge in [0, 0.05) is 11.6 Å². The standard InChI is InChI=1S/C33H54N2O/c1-21(2)9-8-10-22(3)31-30(36-29-15-13-24(34)19-28(29)35)20-27-25-14-12-23-11-6-7-17-32(23,4)26(25)16-18-33(27,31)5/h13,15,19,21-23,25-27,30-31H,6-12,14,16-18,20,34-35H2,1-5H3/t22-,23?,25-,26+,27+,30?,31+,32+,33+/m1/s1. The van der Waals surface area contributed by atoms with Gasteiger partial charge in [0.25, 0.3) is 0 Å². The van der Waals surface area contributed by atoms with Gasteiger partial charge in [0.15, 0.2) is 0 Å². The molecule has 0 amide bonds. The van der Waals surface area contributed by atoms with Crippen LogP contribution in [0.1, 0.15) is 112 Å². The van der Waals surface area contributed by atoms with Crippen molar-refractivity contribution in [2.24, 2.45) is 52.3 Å². The highest BCUT2D eigenvalue weighted by molar-refractivity contribution is 5.60. The number of nitrogens with two attached hydrogens (primary N) is 2. The lowest BCUT2D eigenvalue weighted by molar-refractivity contribution is -0.115. The van der Waals surface area contributed by atoms with E-state index in [4.69, 9.17) is 16.2 Å². The van der Waals surface area contributed by atoms with Gasteiger partial charge >= 0.3 is 0 Å². The second kappa shape index (κ2) is 10.1. The third kappa shape index (κ3) is 4.55. The van der Waals surface area contributed by atoms with E-state index in [1.54, 1.807) is 0 Å². The molecular weight excluding hydrogens is 440 g/mol. The normalized spacial score (nSPS) is 40.8. The van der Waals surface area contributed by atoms with E-state index in [1.807, 2.05) is 18.2 Å². The van der Waals surface area contributed by atoms with Gasteiger partial charge in [0.1, 0.15) is 11.9 Å². The molecule has 0 aromatic heterocycles. The van der Waals surface area contributed by atoms with Gasteiger partial charge in [0.2, 0.25) is 0 Å². The Kier molecular flexibility index (Phi) is 7.33. The van der Waals surface area contributed by atoms with E-state index >= 15 is 0 Å². The van der Waals surface area contributed by atoms with Gasteiger partial charge < -0.3 is 16.2 Å².